The molecule has 6 heteroatoms. The molecule has 3 rings (SSSR count). The van der Waals surface area contributed by atoms with Gasteiger partial charge in [0.15, 0.2) is 0 Å². The highest BCUT2D eigenvalue weighted by Crippen LogP contribution is 2.24. The Hall–Kier alpha value is -4.06. The van der Waals surface area contributed by atoms with Crippen molar-refractivity contribution in [3.8, 4) is 11.5 Å². The maximum Gasteiger partial charge on any atom is 0.258 e. The summed E-state index contributed by atoms with van der Waals surface area (Å²) in [4.78, 5) is 17.2. The molecule has 0 saturated heterocycles. The molecule has 0 aliphatic rings. The number of amides is 1. The normalized spacial score (nSPS) is 11.2. The first kappa shape index (κ1) is 21.6. The van der Waals surface area contributed by atoms with Crippen LogP contribution >= 0.6 is 0 Å². The van der Waals surface area contributed by atoms with Crippen molar-refractivity contribution in [3.63, 3.8) is 0 Å². The number of hydrogen-bond acceptors (Lipinski definition) is 5. The molecule has 0 saturated carbocycles. The van der Waals surface area contributed by atoms with E-state index in [1.54, 1.807) is 18.2 Å². The zero-order valence-corrected chi connectivity index (χ0v) is 17.5. The van der Waals surface area contributed by atoms with Gasteiger partial charge in [-0.25, -0.2) is 0 Å². The number of methoxy groups -OCH3 is 2. The number of hydrogen-bond donors (Lipinski definition) is 1. The lowest BCUT2D eigenvalue weighted by molar-refractivity contribution is 0.0911. The second-order valence-corrected chi connectivity index (χ2v) is 6.53. The largest absolute Gasteiger partial charge is 0.497 e. The summed E-state index contributed by atoms with van der Waals surface area (Å²) >= 11 is 0. The molecule has 3 aromatic rings. The first-order chi connectivity index (χ1) is 15.1. The Morgan fingerprint density at radius 3 is 2.00 bits per heavy atom. The van der Waals surface area contributed by atoms with E-state index >= 15 is 0 Å². The van der Waals surface area contributed by atoms with Gasteiger partial charge in [-0.15, -0.1) is 0 Å². The van der Waals surface area contributed by atoms with Crippen LogP contribution < -0.4 is 14.8 Å². The maximum atomic E-state index is 13.1. The zero-order valence-electron chi connectivity index (χ0n) is 17.5. The van der Waals surface area contributed by atoms with Gasteiger partial charge in [-0.05, 0) is 24.4 Å². The van der Waals surface area contributed by atoms with Crippen molar-refractivity contribution in [2.75, 3.05) is 14.2 Å². The summed E-state index contributed by atoms with van der Waals surface area (Å²) in [6, 6.07) is 24.0. The van der Waals surface area contributed by atoms with Crippen LogP contribution in [0.25, 0.3) is 5.70 Å². The summed E-state index contributed by atoms with van der Waals surface area (Å²) < 4.78 is 16.5. The van der Waals surface area contributed by atoms with Gasteiger partial charge in [-0.1, -0.05) is 60.7 Å². The molecule has 0 bridgehead atoms. The fraction of sp³-hybridized carbons (Fsp3) is 0.120. The minimum absolute atomic E-state index is 0.205. The van der Waals surface area contributed by atoms with E-state index < -0.39 is 5.91 Å². The molecule has 0 aliphatic heterocycles. The molecular formula is C25H24N2O4. The molecule has 158 valence electrons. The number of rotatable bonds is 9. The number of benzene rings is 3. The molecule has 0 spiro atoms. The predicted octanol–water partition coefficient (Wildman–Crippen LogP) is 4.68. The van der Waals surface area contributed by atoms with Crippen LogP contribution in [0.15, 0.2) is 89.7 Å². The molecule has 3 aromatic carbocycles. The van der Waals surface area contributed by atoms with Crippen molar-refractivity contribution in [3.05, 3.63) is 101 Å². The van der Waals surface area contributed by atoms with Gasteiger partial charge in [0, 0.05) is 17.2 Å². The molecule has 0 fully saturated rings. The lowest BCUT2D eigenvalue weighted by Crippen LogP contribution is -2.25. The van der Waals surface area contributed by atoms with Crippen LogP contribution in [0.2, 0.25) is 0 Å². The van der Waals surface area contributed by atoms with Crippen LogP contribution in [0.5, 0.6) is 11.5 Å². The van der Waals surface area contributed by atoms with Crippen molar-refractivity contribution in [1.82, 2.24) is 5.32 Å². The van der Waals surface area contributed by atoms with Gasteiger partial charge in [0.2, 0.25) is 5.88 Å². The molecule has 6 nitrogen and oxygen atoms in total. The van der Waals surface area contributed by atoms with Crippen molar-refractivity contribution in [1.29, 1.82) is 0 Å². The minimum Gasteiger partial charge on any atom is -0.497 e. The molecule has 1 N–H and O–H groups in total. The van der Waals surface area contributed by atoms with Crippen LogP contribution in [0, 0.1) is 0 Å². The summed E-state index contributed by atoms with van der Waals surface area (Å²) in [5, 5.41) is 2.83. The van der Waals surface area contributed by atoms with Crippen LogP contribution in [-0.2, 0) is 11.3 Å². The molecule has 0 atom stereocenters. The Labute approximate surface area is 181 Å². The topological polar surface area (TPSA) is 69.2 Å². The van der Waals surface area contributed by atoms with Gasteiger partial charge in [0.25, 0.3) is 5.91 Å². The second-order valence-electron chi connectivity index (χ2n) is 6.53. The average Bonchev–Trinajstić information content (AvgIpc) is 2.83. The summed E-state index contributed by atoms with van der Waals surface area (Å²) in [5.74, 6) is 0.824. The summed E-state index contributed by atoms with van der Waals surface area (Å²) in [7, 11) is 3.06. The van der Waals surface area contributed by atoms with E-state index in [-0.39, 0.29) is 12.5 Å². The Morgan fingerprint density at radius 2 is 1.45 bits per heavy atom. The molecule has 0 radical (unpaired) electrons. The van der Waals surface area contributed by atoms with Gasteiger partial charge < -0.3 is 14.2 Å². The highest BCUT2D eigenvalue weighted by atomic mass is 16.5. The van der Waals surface area contributed by atoms with E-state index in [0.717, 1.165) is 11.1 Å². The number of nitrogens with one attached hydrogen (secondary N) is 1. The predicted molar refractivity (Wildman–Crippen MR) is 121 cm³/mol. The van der Waals surface area contributed by atoms with Crippen LogP contribution in [-0.4, -0.2) is 26.8 Å². The second kappa shape index (κ2) is 10.6. The summed E-state index contributed by atoms with van der Waals surface area (Å²) in [6.07, 6.45) is 0. The first-order valence-electron chi connectivity index (χ1n) is 9.62. The minimum atomic E-state index is -0.391. The molecule has 1 amide bonds. The van der Waals surface area contributed by atoms with E-state index in [4.69, 9.17) is 14.2 Å². The highest BCUT2D eigenvalue weighted by molar-refractivity contribution is 5.96. The van der Waals surface area contributed by atoms with Gasteiger partial charge >= 0.3 is 0 Å². The summed E-state index contributed by atoms with van der Waals surface area (Å²) in [6.45, 7) is 3.92. The molecular weight excluding hydrogens is 392 g/mol. The van der Waals surface area contributed by atoms with Crippen molar-refractivity contribution >= 4 is 18.3 Å². The maximum absolute atomic E-state index is 13.1. The summed E-state index contributed by atoms with van der Waals surface area (Å²) in [5.41, 5.74) is 2.51. The van der Waals surface area contributed by atoms with Crippen LogP contribution in [0.1, 0.15) is 21.5 Å². The van der Waals surface area contributed by atoms with E-state index in [1.807, 2.05) is 60.7 Å². The fourth-order valence-corrected chi connectivity index (χ4v) is 2.90. The van der Waals surface area contributed by atoms with E-state index in [1.165, 1.54) is 14.2 Å². The third-order valence-corrected chi connectivity index (χ3v) is 4.49. The van der Waals surface area contributed by atoms with Gasteiger partial charge in [0.05, 0.1) is 14.2 Å². The Bertz CT molecular complexity index is 1040. The molecule has 0 aromatic heterocycles. The number of carbonyl (C=O) groups is 1. The van der Waals surface area contributed by atoms with Crippen molar-refractivity contribution in [2.45, 2.75) is 6.61 Å². The third-order valence-electron chi connectivity index (χ3n) is 4.49. The smallest absolute Gasteiger partial charge is 0.258 e. The number of nitrogens with zero attached hydrogens (tertiary/aromatic N) is 1. The Kier molecular flexibility index (Phi) is 7.43. The van der Waals surface area contributed by atoms with Crippen molar-refractivity contribution in [2.24, 2.45) is 4.99 Å². The molecule has 0 aliphatic carbocycles. The quantitative estimate of drug-likeness (QED) is 0.406. The number of carbonyl (C=O) groups excluding carboxylic acids is 1. The highest BCUT2D eigenvalue weighted by Gasteiger charge is 2.17. The van der Waals surface area contributed by atoms with Crippen LogP contribution in [0.4, 0.5) is 0 Å². The monoisotopic (exact) mass is 416 g/mol. The third kappa shape index (κ3) is 5.73. The SMILES string of the molecule is C=N/C(=C(/NC(=O)c1cc(OC)cc(OC)c1)OCc1ccccc1)c1ccccc1. The molecule has 31 heavy (non-hydrogen) atoms. The Morgan fingerprint density at radius 1 is 0.871 bits per heavy atom. The lowest BCUT2D eigenvalue weighted by Gasteiger charge is -2.16. The standard InChI is InChI=1S/C25H24N2O4/c1-26-23(19-12-8-5-9-13-19)25(31-17-18-10-6-4-7-11-18)27-24(28)20-14-21(29-2)16-22(15-20)30-3/h4-16H,1,17H2,2-3H3,(H,27,28)/b25-23-. The molecule has 0 heterocycles. The van der Waals surface area contributed by atoms with E-state index in [2.05, 4.69) is 17.0 Å². The molecule has 0 unspecified atom stereocenters. The van der Waals surface area contributed by atoms with Crippen molar-refractivity contribution < 1.29 is 19.0 Å². The zero-order chi connectivity index (χ0) is 22.1. The average molecular weight is 416 g/mol. The number of ether oxygens (including phenoxy) is 3. The lowest BCUT2D eigenvalue weighted by atomic mass is 10.1. The van der Waals surface area contributed by atoms with Gasteiger partial charge in [0.1, 0.15) is 23.8 Å². The Balaban J connectivity index is 1.95. The first-order valence-corrected chi connectivity index (χ1v) is 9.62. The van der Waals surface area contributed by atoms with Gasteiger partial charge in [-0.3, -0.25) is 15.1 Å². The van der Waals surface area contributed by atoms with Crippen LogP contribution in [0.3, 0.4) is 0 Å². The van der Waals surface area contributed by atoms with E-state index in [9.17, 15) is 4.79 Å². The van der Waals surface area contributed by atoms with Gasteiger partial charge in [-0.2, -0.15) is 0 Å². The fourth-order valence-electron chi connectivity index (χ4n) is 2.90. The van der Waals surface area contributed by atoms with E-state index in [0.29, 0.717) is 22.8 Å². The number of aliphatic imine (C=N–C) groups is 1.